The molecule has 0 amide bonds. The van der Waals surface area contributed by atoms with Crippen molar-refractivity contribution in [3.05, 3.63) is 71.3 Å². The lowest BCUT2D eigenvalue weighted by Crippen LogP contribution is -2.43. The van der Waals surface area contributed by atoms with Gasteiger partial charge in [-0.25, -0.2) is 0 Å². The Morgan fingerprint density at radius 2 is 1.58 bits per heavy atom. The van der Waals surface area contributed by atoms with Crippen molar-refractivity contribution in [2.45, 2.75) is 31.9 Å². The van der Waals surface area contributed by atoms with Crippen LogP contribution in [0.1, 0.15) is 16.7 Å². The molecule has 0 fully saturated rings. The van der Waals surface area contributed by atoms with Gasteiger partial charge in [-0.05, 0) is 37.4 Å². The molecule has 134 valence electrons. The number of aryl methyl sites for hydroxylation is 1. The molecule has 2 atom stereocenters. The number of hydrogen-bond donors (Lipinski definition) is 3. The second-order valence-electron chi connectivity index (χ2n) is 5.86. The zero-order valence-corrected chi connectivity index (χ0v) is 15.7. The topological polar surface area (TPSA) is 58.3 Å². The maximum Gasteiger partial charge on any atom is 0.0818 e. The molecular weight excluding hydrogens is 343 g/mol. The van der Waals surface area contributed by atoms with Crippen LogP contribution in [0, 0.1) is 6.92 Å². The molecule has 24 heavy (non-hydrogen) atoms. The second-order valence-corrected chi connectivity index (χ2v) is 5.86. The van der Waals surface area contributed by atoms with Crippen LogP contribution in [0.5, 0.6) is 0 Å². The maximum absolute atomic E-state index is 10.1. The lowest BCUT2D eigenvalue weighted by atomic mass is 10.0. The first kappa shape index (κ1) is 22.9. The SMILES string of the molecule is Cc1ccc(CCNC[C@@H](O)[C@@H](N)Cc2ccccc2)cc1.Cl.Cl. The van der Waals surface area contributed by atoms with Gasteiger partial charge >= 0.3 is 0 Å². The third-order valence-electron chi connectivity index (χ3n) is 3.87. The molecule has 2 aromatic carbocycles. The van der Waals surface area contributed by atoms with E-state index in [2.05, 4.69) is 36.5 Å². The summed E-state index contributed by atoms with van der Waals surface area (Å²) in [6, 6.07) is 18.4. The summed E-state index contributed by atoms with van der Waals surface area (Å²) in [5.41, 5.74) is 9.81. The molecule has 0 saturated heterocycles. The standard InChI is InChI=1S/C19H26N2O.2ClH/c1-15-7-9-16(10-8-15)11-12-21-14-19(22)18(20)13-17-5-3-2-4-6-17;;/h2-10,18-19,21-22H,11-14,20H2,1H3;2*1H/t18-,19+;;/m0../s1. The van der Waals surface area contributed by atoms with Crippen molar-refractivity contribution in [2.24, 2.45) is 5.73 Å². The highest BCUT2D eigenvalue weighted by atomic mass is 35.5. The molecule has 3 nitrogen and oxygen atoms in total. The fraction of sp³-hybridized carbons (Fsp3) is 0.368. The monoisotopic (exact) mass is 370 g/mol. The van der Waals surface area contributed by atoms with Crippen molar-refractivity contribution < 1.29 is 5.11 Å². The van der Waals surface area contributed by atoms with Crippen LogP contribution in [0.2, 0.25) is 0 Å². The molecule has 0 aromatic heterocycles. The molecule has 0 aliphatic rings. The van der Waals surface area contributed by atoms with Crippen molar-refractivity contribution in [2.75, 3.05) is 13.1 Å². The van der Waals surface area contributed by atoms with E-state index in [0.717, 1.165) is 18.5 Å². The smallest absolute Gasteiger partial charge is 0.0818 e. The van der Waals surface area contributed by atoms with E-state index in [1.165, 1.54) is 11.1 Å². The molecule has 2 aromatic rings. The lowest BCUT2D eigenvalue weighted by molar-refractivity contribution is 0.142. The highest BCUT2D eigenvalue weighted by Crippen LogP contribution is 2.05. The van der Waals surface area contributed by atoms with Gasteiger partial charge in [-0.2, -0.15) is 0 Å². The van der Waals surface area contributed by atoms with Crippen LogP contribution in [0.3, 0.4) is 0 Å². The average Bonchev–Trinajstić information content (AvgIpc) is 2.54. The van der Waals surface area contributed by atoms with Crippen LogP contribution in [0.25, 0.3) is 0 Å². The molecule has 0 heterocycles. The van der Waals surface area contributed by atoms with Crippen LogP contribution in [0.4, 0.5) is 0 Å². The Balaban J connectivity index is 0.00000264. The van der Waals surface area contributed by atoms with Crippen molar-refractivity contribution >= 4 is 24.8 Å². The molecule has 2 rings (SSSR count). The number of benzene rings is 2. The third kappa shape index (κ3) is 8.13. The van der Waals surface area contributed by atoms with Gasteiger partial charge in [0.15, 0.2) is 0 Å². The van der Waals surface area contributed by atoms with Gasteiger partial charge in [-0.1, -0.05) is 60.2 Å². The normalized spacial score (nSPS) is 12.6. The fourth-order valence-corrected chi connectivity index (χ4v) is 2.41. The van der Waals surface area contributed by atoms with Crippen LogP contribution in [-0.2, 0) is 12.8 Å². The van der Waals surface area contributed by atoms with Gasteiger partial charge in [-0.3, -0.25) is 0 Å². The zero-order valence-electron chi connectivity index (χ0n) is 14.0. The number of rotatable bonds is 8. The van der Waals surface area contributed by atoms with E-state index in [9.17, 15) is 5.11 Å². The summed E-state index contributed by atoms with van der Waals surface area (Å²) in [5.74, 6) is 0. The number of nitrogens with one attached hydrogen (secondary N) is 1. The number of hydrogen-bond acceptors (Lipinski definition) is 3. The fourth-order valence-electron chi connectivity index (χ4n) is 2.41. The largest absolute Gasteiger partial charge is 0.390 e. The van der Waals surface area contributed by atoms with E-state index >= 15 is 0 Å². The Bertz CT molecular complexity index is 549. The van der Waals surface area contributed by atoms with E-state index in [1.54, 1.807) is 0 Å². The Hall–Kier alpha value is -1.10. The molecule has 0 aliphatic carbocycles. The van der Waals surface area contributed by atoms with Gasteiger partial charge in [0.05, 0.1) is 6.10 Å². The predicted octanol–water partition coefficient (Wildman–Crippen LogP) is 2.90. The summed E-state index contributed by atoms with van der Waals surface area (Å²) < 4.78 is 0. The summed E-state index contributed by atoms with van der Waals surface area (Å²) in [7, 11) is 0. The third-order valence-corrected chi connectivity index (χ3v) is 3.87. The minimum absolute atomic E-state index is 0. The minimum Gasteiger partial charge on any atom is -0.390 e. The predicted molar refractivity (Wildman–Crippen MR) is 106 cm³/mol. The quantitative estimate of drug-likeness (QED) is 0.626. The summed E-state index contributed by atoms with van der Waals surface area (Å²) in [6.07, 6.45) is 1.13. The van der Waals surface area contributed by atoms with E-state index in [4.69, 9.17) is 5.73 Å². The van der Waals surface area contributed by atoms with Gasteiger partial charge in [0.2, 0.25) is 0 Å². The molecule has 0 bridgehead atoms. The molecule has 0 aliphatic heterocycles. The lowest BCUT2D eigenvalue weighted by Gasteiger charge is -2.19. The molecule has 4 N–H and O–H groups in total. The second kappa shape index (κ2) is 12.3. The highest BCUT2D eigenvalue weighted by molar-refractivity contribution is 5.85. The van der Waals surface area contributed by atoms with Crippen LogP contribution in [-0.4, -0.2) is 30.3 Å². The number of aliphatic hydroxyl groups is 1. The first-order valence-corrected chi connectivity index (χ1v) is 7.89. The molecule has 0 spiro atoms. The minimum atomic E-state index is -0.529. The van der Waals surface area contributed by atoms with E-state index in [0.29, 0.717) is 13.0 Å². The Kier molecular flexibility index (Phi) is 11.7. The van der Waals surface area contributed by atoms with Crippen molar-refractivity contribution in [3.63, 3.8) is 0 Å². The van der Waals surface area contributed by atoms with Crippen LogP contribution >= 0.6 is 24.8 Å². The average molecular weight is 371 g/mol. The molecule has 0 unspecified atom stereocenters. The van der Waals surface area contributed by atoms with Crippen LogP contribution in [0.15, 0.2) is 54.6 Å². The van der Waals surface area contributed by atoms with E-state index in [-0.39, 0.29) is 30.9 Å². The summed E-state index contributed by atoms with van der Waals surface area (Å²) in [6.45, 7) is 3.46. The van der Waals surface area contributed by atoms with Crippen molar-refractivity contribution in [1.29, 1.82) is 0 Å². The Morgan fingerprint density at radius 1 is 0.958 bits per heavy atom. The summed E-state index contributed by atoms with van der Waals surface area (Å²) >= 11 is 0. The molecule has 0 saturated carbocycles. The van der Waals surface area contributed by atoms with Crippen molar-refractivity contribution in [3.8, 4) is 0 Å². The summed E-state index contributed by atoms with van der Waals surface area (Å²) in [5, 5.41) is 13.4. The van der Waals surface area contributed by atoms with Crippen LogP contribution < -0.4 is 11.1 Å². The molecular formula is C19H28Cl2N2O. The van der Waals surface area contributed by atoms with Gasteiger partial charge in [0.25, 0.3) is 0 Å². The van der Waals surface area contributed by atoms with Gasteiger partial charge in [0, 0.05) is 12.6 Å². The van der Waals surface area contributed by atoms with E-state index in [1.807, 2.05) is 30.3 Å². The molecule has 5 heteroatoms. The highest BCUT2D eigenvalue weighted by Gasteiger charge is 2.14. The zero-order chi connectivity index (χ0) is 15.8. The van der Waals surface area contributed by atoms with E-state index < -0.39 is 6.10 Å². The molecule has 0 radical (unpaired) electrons. The maximum atomic E-state index is 10.1. The first-order valence-electron chi connectivity index (χ1n) is 7.89. The van der Waals surface area contributed by atoms with Gasteiger partial charge < -0.3 is 16.2 Å². The number of halogens is 2. The van der Waals surface area contributed by atoms with Gasteiger partial charge in [0.1, 0.15) is 0 Å². The first-order chi connectivity index (χ1) is 10.6. The Labute approximate surface area is 157 Å². The number of aliphatic hydroxyl groups excluding tert-OH is 1. The number of nitrogens with two attached hydrogens (primary N) is 1. The Morgan fingerprint density at radius 3 is 2.21 bits per heavy atom. The van der Waals surface area contributed by atoms with Gasteiger partial charge in [-0.15, -0.1) is 24.8 Å². The summed E-state index contributed by atoms with van der Waals surface area (Å²) in [4.78, 5) is 0. The van der Waals surface area contributed by atoms with Crippen molar-refractivity contribution in [1.82, 2.24) is 5.32 Å².